The Morgan fingerprint density at radius 3 is 2.50 bits per heavy atom. The van der Waals surface area contributed by atoms with Crippen molar-refractivity contribution >= 4 is 23.2 Å². The second-order valence-electron chi connectivity index (χ2n) is 4.69. The number of ether oxygens (including phenoxy) is 1. The van der Waals surface area contributed by atoms with E-state index in [-0.39, 0.29) is 5.91 Å². The topological polar surface area (TPSA) is 75.6 Å². The SMILES string of the molecule is COC(=O)c1ccc(C(=O)NCC[C@H](O)c2ccsc2)cc1. The van der Waals surface area contributed by atoms with Gasteiger partial charge in [0.25, 0.3) is 5.91 Å². The Morgan fingerprint density at radius 2 is 1.91 bits per heavy atom. The molecule has 2 rings (SSSR count). The molecule has 1 atom stereocenters. The number of esters is 1. The molecule has 0 saturated heterocycles. The standard InChI is InChI=1S/C16H17NO4S/c1-21-16(20)12-4-2-11(3-5-12)15(19)17-8-6-14(18)13-7-9-22-10-13/h2-5,7,9-10,14,18H,6,8H2,1H3,(H,17,19)/t14-/m0/s1. The molecule has 0 aliphatic heterocycles. The number of benzene rings is 1. The smallest absolute Gasteiger partial charge is 0.337 e. The molecule has 0 aliphatic carbocycles. The Bertz CT molecular complexity index is 622. The average Bonchev–Trinajstić information content (AvgIpc) is 3.08. The molecule has 1 aromatic heterocycles. The first-order valence-corrected chi connectivity index (χ1v) is 7.73. The summed E-state index contributed by atoms with van der Waals surface area (Å²) in [6.45, 7) is 0.370. The average molecular weight is 319 g/mol. The lowest BCUT2D eigenvalue weighted by Gasteiger charge is -2.10. The van der Waals surface area contributed by atoms with Crippen molar-refractivity contribution in [3.8, 4) is 0 Å². The Labute approximate surface area is 132 Å². The molecule has 22 heavy (non-hydrogen) atoms. The van der Waals surface area contributed by atoms with Crippen molar-refractivity contribution in [3.05, 3.63) is 57.8 Å². The van der Waals surface area contributed by atoms with Crippen LogP contribution >= 0.6 is 11.3 Å². The summed E-state index contributed by atoms with van der Waals surface area (Å²) >= 11 is 1.52. The van der Waals surface area contributed by atoms with Crippen LogP contribution in [0, 0.1) is 0 Å². The zero-order chi connectivity index (χ0) is 15.9. The molecule has 5 nitrogen and oxygen atoms in total. The van der Waals surface area contributed by atoms with Gasteiger partial charge in [0.15, 0.2) is 0 Å². The quantitative estimate of drug-likeness (QED) is 0.802. The molecule has 0 radical (unpaired) electrons. The number of hydrogen-bond donors (Lipinski definition) is 2. The molecular weight excluding hydrogens is 302 g/mol. The molecule has 2 N–H and O–H groups in total. The second-order valence-corrected chi connectivity index (χ2v) is 5.47. The van der Waals surface area contributed by atoms with Gasteiger partial charge in [-0.3, -0.25) is 4.79 Å². The predicted octanol–water partition coefficient (Wildman–Crippen LogP) is 2.39. The van der Waals surface area contributed by atoms with Crippen molar-refractivity contribution in [2.45, 2.75) is 12.5 Å². The minimum absolute atomic E-state index is 0.242. The molecule has 1 aromatic carbocycles. The van der Waals surface area contributed by atoms with Crippen molar-refractivity contribution in [1.82, 2.24) is 5.32 Å². The molecule has 0 bridgehead atoms. The molecular formula is C16H17NO4S. The predicted molar refractivity (Wildman–Crippen MR) is 84.0 cm³/mol. The van der Waals surface area contributed by atoms with E-state index in [1.165, 1.54) is 18.4 Å². The lowest BCUT2D eigenvalue weighted by atomic mass is 10.1. The molecule has 6 heteroatoms. The summed E-state index contributed by atoms with van der Waals surface area (Å²) in [6, 6.07) is 8.08. The van der Waals surface area contributed by atoms with Gasteiger partial charge in [-0.25, -0.2) is 4.79 Å². The van der Waals surface area contributed by atoms with Crippen molar-refractivity contribution in [3.63, 3.8) is 0 Å². The molecule has 0 fully saturated rings. The van der Waals surface area contributed by atoms with Crippen LogP contribution in [0.1, 0.15) is 38.8 Å². The molecule has 0 spiro atoms. The van der Waals surface area contributed by atoms with Crippen LogP contribution < -0.4 is 5.32 Å². The van der Waals surface area contributed by atoms with Gasteiger partial charge in [0.1, 0.15) is 0 Å². The fourth-order valence-electron chi connectivity index (χ4n) is 1.93. The Balaban J connectivity index is 1.83. The van der Waals surface area contributed by atoms with Crippen LogP contribution in [0.3, 0.4) is 0 Å². The van der Waals surface area contributed by atoms with Gasteiger partial charge in [0.2, 0.25) is 0 Å². The number of aliphatic hydroxyl groups excluding tert-OH is 1. The van der Waals surface area contributed by atoms with Gasteiger partial charge >= 0.3 is 5.97 Å². The van der Waals surface area contributed by atoms with Crippen LogP contribution in [0.2, 0.25) is 0 Å². The van der Waals surface area contributed by atoms with E-state index in [1.807, 2.05) is 16.8 Å². The van der Waals surface area contributed by atoms with Gasteiger partial charge in [-0.1, -0.05) is 0 Å². The minimum Gasteiger partial charge on any atom is -0.465 e. The van der Waals surface area contributed by atoms with Gasteiger partial charge in [-0.15, -0.1) is 0 Å². The highest BCUT2D eigenvalue weighted by molar-refractivity contribution is 7.07. The van der Waals surface area contributed by atoms with Crippen LogP contribution in [0.15, 0.2) is 41.1 Å². The molecule has 0 unspecified atom stereocenters. The highest BCUT2D eigenvalue weighted by atomic mass is 32.1. The molecule has 2 aromatic rings. The second kappa shape index (κ2) is 7.72. The normalized spacial score (nSPS) is 11.7. The molecule has 116 valence electrons. The van der Waals surface area contributed by atoms with Gasteiger partial charge in [0, 0.05) is 12.1 Å². The van der Waals surface area contributed by atoms with E-state index in [0.29, 0.717) is 24.1 Å². The van der Waals surface area contributed by atoms with Crippen molar-refractivity contribution in [2.24, 2.45) is 0 Å². The van der Waals surface area contributed by atoms with Crippen molar-refractivity contribution in [2.75, 3.05) is 13.7 Å². The van der Waals surface area contributed by atoms with Crippen LogP contribution in [0.25, 0.3) is 0 Å². The number of rotatable bonds is 6. The van der Waals surface area contributed by atoms with Gasteiger partial charge < -0.3 is 15.2 Å². The number of thiophene rings is 1. The maximum Gasteiger partial charge on any atom is 0.337 e. The molecule has 0 aliphatic rings. The van der Waals surface area contributed by atoms with Crippen LogP contribution in [-0.2, 0) is 4.74 Å². The first-order valence-electron chi connectivity index (χ1n) is 6.78. The zero-order valence-corrected chi connectivity index (χ0v) is 12.9. The third-order valence-electron chi connectivity index (χ3n) is 3.20. The third kappa shape index (κ3) is 4.16. The Kier molecular flexibility index (Phi) is 5.68. The molecule has 0 saturated carbocycles. The number of nitrogens with one attached hydrogen (secondary N) is 1. The maximum atomic E-state index is 12.0. The Hall–Kier alpha value is -2.18. The maximum absolute atomic E-state index is 12.0. The largest absolute Gasteiger partial charge is 0.465 e. The fraction of sp³-hybridized carbons (Fsp3) is 0.250. The number of carbonyl (C=O) groups is 2. The molecule has 1 amide bonds. The van der Waals surface area contributed by atoms with Crippen molar-refractivity contribution < 1.29 is 19.4 Å². The lowest BCUT2D eigenvalue weighted by molar-refractivity contribution is 0.0600. The van der Waals surface area contributed by atoms with Crippen LogP contribution in [0.5, 0.6) is 0 Å². The van der Waals surface area contributed by atoms with Crippen LogP contribution in [-0.4, -0.2) is 30.6 Å². The first-order chi connectivity index (χ1) is 10.6. The fourth-order valence-corrected chi connectivity index (χ4v) is 2.64. The minimum atomic E-state index is -0.576. The number of aliphatic hydroxyl groups is 1. The summed E-state index contributed by atoms with van der Waals surface area (Å²) in [5.41, 5.74) is 1.71. The number of methoxy groups -OCH3 is 1. The monoisotopic (exact) mass is 319 g/mol. The Morgan fingerprint density at radius 1 is 1.23 bits per heavy atom. The molecule has 1 heterocycles. The zero-order valence-electron chi connectivity index (χ0n) is 12.1. The van der Waals surface area contributed by atoms with E-state index < -0.39 is 12.1 Å². The van der Waals surface area contributed by atoms with Crippen LogP contribution in [0.4, 0.5) is 0 Å². The van der Waals surface area contributed by atoms with Crippen molar-refractivity contribution in [1.29, 1.82) is 0 Å². The summed E-state index contributed by atoms with van der Waals surface area (Å²) in [5.74, 6) is -0.681. The summed E-state index contributed by atoms with van der Waals surface area (Å²) in [7, 11) is 1.31. The van der Waals surface area contributed by atoms with Gasteiger partial charge in [0.05, 0.1) is 18.8 Å². The summed E-state index contributed by atoms with van der Waals surface area (Å²) in [4.78, 5) is 23.3. The van der Waals surface area contributed by atoms with Gasteiger partial charge in [-0.2, -0.15) is 11.3 Å². The number of hydrogen-bond acceptors (Lipinski definition) is 5. The van der Waals surface area contributed by atoms with E-state index in [9.17, 15) is 14.7 Å². The van der Waals surface area contributed by atoms with E-state index >= 15 is 0 Å². The first kappa shape index (κ1) is 16.2. The van der Waals surface area contributed by atoms with E-state index in [0.717, 1.165) is 5.56 Å². The van der Waals surface area contributed by atoms with E-state index in [2.05, 4.69) is 10.1 Å². The summed E-state index contributed by atoms with van der Waals surface area (Å²) < 4.78 is 4.60. The summed E-state index contributed by atoms with van der Waals surface area (Å²) in [5, 5.41) is 16.5. The number of amides is 1. The van der Waals surface area contributed by atoms with E-state index in [1.54, 1.807) is 24.3 Å². The van der Waals surface area contributed by atoms with Gasteiger partial charge in [-0.05, 0) is 53.1 Å². The highest BCUT2D eigenvalue weighted by Crippen LogP contribution is 2.18. The highest BCUT2D eigenvalue weighted by Gasteiger charge is 2.11. The lowest BCUT2D eigenvalue weighted by Crippen LogP contribution is -2.25. The third-order valence-corrected chi connectivity index (χ3v) is 3.90. The number of carbonyl (C=O) groups excluding carboxylic acids is 2. The van der Waals surface area contributed by atoms with E-state index in [4.69, 9.17) is 0 Å². The summed E-state index contributed by atoms with van der Waals surface area (Å²) in [6.07, 6.45) is -0.129.